The van der Waals surface area contributed by atoms with Gasteiger partial charge in [0.05, 0.1) is 21.2 Å². The molecule has 0 radical (unpaired) electrons. The third-order valence-electron chi connectivity index (χ3n) is 4.57. The van der Waals surface area contributed by atoms with Crippen LogP contribution in [0.25, 0.3) is 6.08 Å². The summed E-state index contributed by atoms with van der Waals surface area (Å²) in [6.07, 6.45) is 1.73. The number of anilines is 1. The second kappa shape index (κ2) is 8.88. The predicted molar refractivity (Wildman–Crippen MR) is 128 cm³/mol. The third kappa shape index (κ3) is 4.94. The van der Waals surface area contributed by atoms with Crippen LogP contribution in [0.5, 0.6) is 0 Å². The average molecular weight is 511 g/mol. The minimum atomic E-state index is -3.72. The molecule has 0 aromatic heterocycles. The van der Waals surface area contributed by atoms with Crippen LogP contribution < -0.4 is 5.32 Å². The Labute approximate surface area is 199 Å². The van der Waals surface area contributed by atoms with Crippen LogP contribution in [0.3, 0.4) is 0 Å². The summed E-state index contributed by atoms with van der Waals surface area (Å²) in [7, 11) is -3.72. The number of amides is 1. The quantitative estimate of drug-likeness (QED) is 0.396. The van der Waals surface area contributed by atoms with Gasteiger partial charge in [0.25, 0.3) is 5.91 Å². The number of carbonyl (C=O) groups is 1. The maximum absolute atomic E-state index is 13.0. The van der Waals surface area contributed by atoms with Crippen LogP contribution in [0.2, 0.25) is 15.1 Å². The summed E-state index contributed by atoms with van der Waals surface area (Å²) in [6.45, 7) is 0. The van der Waals surface area contributed by atoms with Crippen LogP contribution in [0.15, 0.2) is 75.4 Å². The summed E-state index contributed by atoms with van der Waals surface area (Å²) >= 11 is 19.4. The van der Waals surface area contributed by atoms with E-state index in [2.05, 4.69) is 5.32 Å². The topological polar surface area (TPSA) is 63.2 Å². The fourth-order valence-electron chi connectivity index (χ4n) is 2.98. The minimum absolute atomic E-state index is 0.122. The Morgan fingerprint density at radius 2 is 1.61 bits per heavy atom. The first kappa shape index (κ1) is 22.2. The van der Waals surface area contributed by atoms with Crippen molar-refractivity contribution in [2.45, 2.75) is 15.5 Å². The van der Waals surface area contributed by atoms with Crippen LogP contribution >= 0.6 is 46.6 Å². The van der Waals surface area contributed by atoms with Gasteiger partial charge in [-0.05, 0) is 54.1 Å². The highest BCUT2D eigenvalue weighted by Gasteiger charge is 2.25. The lowest BCUT2D eigenvalue weighted by Gasteiger charge is -2.19. The van der Waals surface area contributed by atoms with E-state index in [-0.39, 0.29) is 16.6 Å². The molecule has 1 heterocycles. The molecule has 1 aliphatic heterocycles. The summed E-state index contributed by atoms with van der Waals surface area (Å²) < 4.78 is 26.0. The lowest BCUT2D eigenvalue weighted by Crippen LogP contribution is -2.17. The average Bonchev–Trinajstić information content (AvgIpc) is 2.73. The number of hydrogen-bond acceptors (Lipinski definition) is 4. The molecule has 4 nitrogen and oxygen atoms in total. The SMILES string of the molecule is O=C1Nc2ccc(S(=O)(=O)Cc3c(Cl)cccc3Cl)cc2SC1=Cc1ccc(Cl)cc1. The van der Waals surface area contributed by atoms with Gasteiger partial charge >= 0.3 is 0 Å². The molecular weight excluding hydrogens is 497 g/mol. The predicted octanol–water partition coefficient (Wildman–Crippen LogP) is 6.71. The van der Waals surface area contributed by atoms with E-state index in [4.69, 9.17) is 34.8 Å². The zero-order valence-corrected chi connectivity index (χ0v) is 19.6. The summed E-state index contributed by atoms with van der Waals surface area (Å²) in [5, 5.41) is 3.99. The second-order valence-corrected chi connectivity index (χ2v) is 11.1. The van der Waals surface area contributed by atoms with Crippen molar-refractivity contribution in [3.63, 3.8) is 0 Å². The van der Waals surface area contributed by atoms with Crippen LogP contribution in [-0.2, 0) is 20.4 Å². The lowest BCUT2D eigenvalue weighted by molar-refractivity contribution is -0.112. The van der Waals surface area contributed by atoms with Gasteiger partial charge in [-0.1, -0.05) is 64.8 Å². The molecule has 0 saturated carbocycles. The second-order valence-electron chi connectivity index (χ2n) is 6.73. The fourth-order valence-corrected chi connectivity index (χ4v) is 6.29. The molecule has 0 bridgehead atoms. The van der Waals surface area contributed by atoms with Gasteiger partial charge in [-0.2, -0.15) is 0 Å². The molecule has 0 saturated heterocycles. The molecule has 1 amide bonds. The van der Waals surface area contributed by atoms with E-state index < -0.39 is 9.84 Å². The summed E-state index contributed by atoms with van der Waals surface area (Å²) in [5.74, 6) is -0.583. The molecule has 0 spiro atoms. The Hall–Kier alpha value is -1.96. The zero-order valence-electron chi connectivity index (χ0n) is 15.7. The van der Waals surface area contributed by atoms with E-state index in [1.54, 1.807) is 60.7 Å². The fraction of sp³-hybridized carbons (Fsp3) is 0.0455. The molecule has 158 valence electrons. The van der Waals surface area contributed by atoms with Gasteiger partial charge in [0.2, 0.25) is 0 Å². The molecule has 3 aromatic rings. The number of rotatable bonds is 4. The van der Waals surface area contributed by atoms with Crippen LogP contribution in [0.1, 0.15) is 11.1 Å². The van der Waals surface area contributed by atoms with E-state index in [1.807, 2.05) is 0 Å². The van der Waals surface area contributed by atoms with E-state index >= 15 is 0 Å². The number of carbonyl (C=O) groups excluding carboxylic acids is 1. The van der Waals surface area contributed by atoms with Crippen LogP contribution in [-0.4, -0.2) is 14.3 Å². The Morgan fingerprint density at radius 1 is 0.935 bits per heavy atom. The Morgan fingerprint density at radius 3 is 2.29 bits per heavy atom. The number of benzene rings is 3. The Kier molecular flexibility index (Phi) is 6.37. The highest BCUT2D eigenvalue weighted by molar-refractivity contribution is 8.04. The number of sulfone groups is 1. The highest BCUT2D eigenvalue weighted by atomic mass is 35.5. The summed E-state index contributed by atoms with van der Waals surface area (Å²) in [4.78, 5) is 13.6. The standard InChI is InChI=1S/C22H14Cl3NO3S2/c23-14-6-4-13(5-7-14)10-21-22(27)26-19-9-8-15(11-20(19)30-21)31(28,29)12-16-17(24)2-1-3-18(16)25/h1-11H,12H2,(H,26,27). The first-order valence-electron chi connectivity index (χ1n) is 8.99. The number of thioether (sulfide) groups is 1. The molecule has 4 rings (SSSR count). The number of fused-ring (bicyclic) bond motifs is 1. The van der Waals surface area contributed by atoms with Crippen molar-refractivity contribution in [3.05, 3.63) is 91.8 Å². The third-order valence-corrected chi connectivity index (χ3v) is 8.25. The van der Waals surface area contributed by atoms with Gasteiger partial charge in [-0.3, -0.25) is 4.79 Å². The molecule has 3 aromatic carbocycles. The molecule has 0 fully saturated rings. The van der Waals surface area contributed by atoms with Gasteiger partial charge in [0, 0.05) is 25.5 Å². The van der Waals surface area contributed by atoms with Crippen molar-refractivity contribution in [1.82, 2.24) is 0 Å². The number of halogens is 3. The van der Waals surface area contributed by atoms with Crippen molar-refractivity contribution in [2.75, 3.05) is 5.32 Å². The molecule has 0 atom stereocenters. The molecule has 0 unspecified atom stereocenters. The minimum Gasteiger partial charge on any atom is -0.320 e. The van der Waals surface area contributed by atoms with Crippen LogP contribution in [0, 0.1) is 0 Å². The van der Waals surface area contributed by atoms with E-state index in [1.165, 1.54) is 17.8 Å². The van der Waals surface area contributed by atoms with Gasteiger partial charge in [0.15, 0.2) is 9.84 Å². The van der Waals surface area contributed by atoms with Crippen molar-refractivity contribution >= 4 is 74.1 Å². The summed E-state index contributed by atoms with van der Waals surface area (Å²) in [6, 6.07) is 16.5. The molecule has 9 heteroatoms. The largest absolute Gasteiger partial charge is 0.320 e. The first-order valence-corrected chi connectivity index (χ1v) is 12.6. The summed E-state index contributed by atoms with van der Waals surface area (Å²) in [5.41, 5.74) is 1.72. The van der Waals surface area contributed by atoms with Gasteiger partial charge in [-0.15, -0.1) is 0 Å². The molecule has 1 N–H and O–H groups in total. The van der Waals surface area contributed by atoms with Gasteiger partial charge in [0.1, 0.15) is 0 Å². The zero-order chi connectivity index (χ0) is 22.2. The molecule has 31 heavy (non-hydrogen) atoms. The van der Waals surface area contributed by atoms with Gasteiger partial charge in [-0.25, -0.2) is 8.42 Å². The van der Waals surface area contributed by atoms with Crippen LogP contribution in [0.4, 0.5) is 5.69 Å². The normalized spacial score (nSPS) is 14.9. The van der Waals surface area contributed by atoms with Crippen molar-refractivity contribution < 1.29 is 13.2 Å². The molecule has 1 aliphatic rings. The van der Waals surface area contributed by atoms with E-state index in [0.29, 0.717) is 36.1 Å². The smallest absolute Gasteiger partial charge is 0.262 e. The highest BCUT2D eigenvalue weighted by Crippen LogP contribution is 2.40. The number of hydrogen-bond donors (Lipinski definition) is 1. The monoisotopic (exact) mass is 509 g/mol. The number of nitrogens with one attached hydrogen (secondary N) is 1. The van der Waals surface area contributed by atoms with E-state index in [0.717, 1.165) is 5.56 Å². The Balaban J connectivity index is 1.65. The molecule has 0 aliphatic carbocycles. The lowest BCUT2D eigenvalue weighted by atomic mass is 10.2. The van der Waals surface area contributed by atoms with Crippen molar-refractivity contribution in [2.24, 2.45) is 0 Å². The first-order chi connectivity index (χ1) is 14.7. The maximum Gasteiger partial charge on any atom is 0.262 e. The van der Waals surface area contributed by atoms with Crippen molar-refractivity contribution in [3.8, 4) is 0 Å². The van der Waals surface area contributed by atoms with Crippen molar-refractivity contribution in [1.29, 1.82) is 0 Å². The molecular formula is C22H14Cl3NO3S2. The maximum atomic E-state index is 13.0. The Bertz CT molecular complexity index is 1300. The van der Waals surface area contributed by atoms with E-state index in [9.17, 15) is 13.2 Å². The van der Waals surface area contributed by atoms with Gasteiger partial charge < -0.3 is 5.32 Å².